The number of benzene rings is 1. The largest absolute Gasteiger partial charge is 0.493 e. The van der Waals surface area contributed by atoms with Gasteiger partial charge >= 0.3 is 0 Å². The Balaban J connectivity index is 2.04. The molecule has 2 rings (SSSR count). The van der Waals surface area contributed by atoms with Crippen molar-refractivity contribution in [2.45, 2.75) is 19.4 Å². The molecule has 0 aromatic heterocycles. The van der Waals surface area contributed by atoms with Gasteiger partial charge in [-0.25, -0.2) is 8.42 Å². The van der Waals surface area contributed by atoms with E-state index in [0.29, 0.717) is 30.2 Å². The predicted molar refractivity (Wildman–Crippen MR) is 89.5 cm³/mol. The molecule has 134 valence electrons. The highest BCUT2D eigenvalue weighted by Gasteiger charge is 2.34. The van der Waals surface area contributed by atoms with Crippen molar-refractivity contribution in [1.29, 1.82) is 0 Å². The molecule has 0 saturated carbocycles. The van der Waals surface area contributed by atoms with Crippen LogP contribution in [0.5, 0.6) is 17.2 Å². The molecule has 7 nitrogen and oxygen atoms in total. The summed E-state index contributed by atoms with van der Waals surface area (Å²) in [6.07, 6.45) is 0.477. The first-order valence-electron chi connectivity index (χ1n) is 7.75. The van der Waals surface area contributed by atoms with E-state index in [9.17, 15) is 13.2 Å². The van der Waals surface area contributed by atoms with Gasteiger partial charge in [-0.1, -0.05) is 6.07 Å². The van der Waals surface area contributed by atoms with E-state index in [4.69, 9.17) is 14.2 Å². The van der Waals surface area contributed by atoms with Gasteiger partial charge < -0.3 is 19.1 Å². The zero-order chi connectivity index (χ0) is 17.7. The highest BCUT2D eigenvalue weighted by Crippen LogP contribution is 2.36. The lowest BCUT2D eigenvalue weighted by Gasteiger charge is -2.27. The lowest BCUT2D eigenvalue weighted by Crippen LogP contribution is -2.43. The number of carbonyl (C=O) groups is 1. The molecule has 1 saturated heterocycles. The molecule has 1 aliphatic heterocycles. The maximum atomic E-state index is 12.4. The smallest absolute Gasteiger partial charge is 0.260 e. The second-order valence-electron chi connectivity index (χ2n) is 5.52. The monoisotopic (exact) mass is 357 g/mol. The maximum Gasteiger partial charge on any atom is 0.260 e. The van der Waals surface area contributed by atoms with Crippen molar-refractivity contribution in [2.24, 2.45) is 0 Å². The minimum Gasteiger partial charge on any atom is -0.493 e. The Labute approximate surface area is 142 Å². The second-order valence-corrected chi connectivity index (χ2v) is 7.75. The minimum absolute atomic E-state index is 0.0229. The molecule has 1 aliphatic rings. The van der Waals surface area contributed by atoms with Crippen molar-refractivity contribution in [3.05, 3.63) is 18.2 Å². The molecule has 1 atom stereocenters. The Morgan fingerprint density at radius 3 is 2.50 bits per heavy atom. The summed E-state index contributed by atoms with van der Waals surface area (Å²) < 4.78 is 39.3. The molecule has 1 fully saturated rings. The number of nitrogens with zero attached hydrogens (tertiary/aromatic N) is 1. The number of hydrogen-bond acceptors (Lipinski definition) is 6. The molecule has 0 radical (unpaired) electrons. The Morgan fingerprint density at radius 2 is 1.96 bits per heavy atom. The topological polar surface area (TPSA) is 82.1 Å². The molecule has 1 aromatic carbocycles. The number of carbonyl (C=O) groups excluding carboxylic acids is 1. The molecular formula is C16H23NO6S. The van der Waals surface area contributed by atoms with E-state index in [-0.39, 0.29) is 30.1 Å². The number of likely N-dealkylation sites (N-methyl/N-ethyl adjacent to an activating group) is 1. The van der Waals surface area contributed by atoms with E-state index >= 15 is 0 Å². The van der Waals surface area contributed by atoms with Gasteiger partial charge in [-0.15, -0.1) is 0 Å². The molecular weight excluding hydrogens is 334 g/mol. The highest BCUT2D eigenvalue weighted by atomic mass is 32.2. The molecule has 1 unspecified atom stereocenters. The summed E-state index contributed by atoms with van der Waals surface area (Å²) in [4.78, 5) is 14.0. The van der Waals surface area contributed by atoms with Gasteiger partial charge in [-0.05, 0) is 25.5 Å². The van der Waals surface area contributed by atoms with Gasteiger partial charge in [-0.3, -0.25) is 4.79 Å². The van der Waals surface area contributed by atoms with Gasteiger partial charge in [0.15, 0.2) is 27.9 Å². The first-order chi connectivity index (χ1) is 11.4. The highest BCUT2D eigenvalue weighted by molar-refractivity contribution is 7.91. The van der Waals surface area contributed by atoms with Crippen LogP contribution in [0.4, 0.5) is 0 Å². The Morgan fingerprint density at radius 1 is 1.25 bits per heavy atom. The zero-order valence-electron chi connectivity index (χ0n) is 14.1. The Kier molecular flexibility index (Phi) is 5.93. The van der Waals surface area contributed by atoms with Crippen LogP contribution < -0.4 is 14.2 Å². The lowest BCUT2D eigenvalue weighted by atomic mass is 10.2. The number of amides is 1. The van der Waals surface area contributed by atoms with Gasteiger partial charge in [0, 0.05) is 12.6 Å². The quantitative estimate of drug-likeness (QED) is 0.727. The molecule has 1 amide bonds. The third kappa shape index (κ3) is 4.11. The van der Waals surface area contributed by atoms with Crippen LogP contribution >= 0.6 is 0 Å². The molecule has 0 N–H and O–H groups in total. The third-order valence-electron chi connectivity index (χ3n) is 4.03. The fraction of sp³-hybridized carbons (Fsp3) is 0.562. The number of hydrogen-bond donors (Lipinski definition) is 0. The van der Waals surface area contributed by atoms with Crippen molar-refractivity contribution in [3.8, 4) is 17.2 Å². The molecule has 8 heteroatoms. The first-order valence-corrected chi connectivity index (χ1v) is 9.57. The van der Waals surface area contributed by atoms with Crippen molar-refractivity contribution in [3.63, 3.8) is 0 Å². The summed E-state index contributed by atoms with van der Waals surface area (Å²) in [6, 6.07) is 4.88. The van der Waals surface area contributed by atoms with Gasteiger partial charge in [-0.2, -0.15) is 0 Å². The number of methoxy groups -OCH3 is 2. The molecule has 1 heterocycles. The Hall–Kier alpha value is -1.96. The van der Waals surface area contributed by atoms with Crippen LogP contribution in [-0.4, -0.2) is 64.1 Å². The van der Waals surface area contributed by atoms with E-state index in [2.05, 4.69) is 0 Å². The summed E-state index contributed by atoms with van der Waals surface area (Å²) >= 11 is 0. The number of sulfone groups is 1. The van der Waals surface area contributed by atoms with Crippen molar-refractivity contribution in [1.82, 2.24) is 4.90 Å². The minimum atomic E-state index is -3.04. The molecule has 1 aromatic rings. The van der Waals surface area contributed by atoms with E-state index in [1.165, 1.54) is 14.2 Å². The molecule has 0 spiro atoms. The SMILES string of the molecule is CCN(C(=O)COc1cccc(OC)c1OC)C1CCS(=O)(=O)C1. The molecule has 0 aliphatic carbocycles. The lowest BCUT2D eigenvalue weighted by molar-refractivity contribution is -0.135. The van der Waals surface area contributed by atoms with Gasteiger partial charge in [0.25, 0.3) is 5.91 Å². The van der Waals surface area contributed by atoms with Crippen molar-refractivity contribution >= 4 is 15.7 Å². The summed E-state index contributed by atoms with van der Waals surface area (Å²) in [5.41, 5.74) is 0. The molecule has 0 bridgehead atoms. The molecule has 24 heavy (non-hydrogen) atoms. The third-order valence-corrected chi connectivity index (χ3v) is 5.78. The van der Waals surface area contributed by atoms with Crippen LogP contribution in [0.2, 0.25) is 0 Å². The van der Waals surface area contributed by atoms with E-state index in [1.54, 1.807) is 23.1 Å². The summed E-state index contributed by atoms with van der Waals surface area (Å²) in [7, 11) is -0.0278. The van der Waals surface area contributed by atoms with Crippen LogP contribution in [0.15, 0.2) is 18.2 Å². The fourth-order valence-corrected chi connectivity index (χ4v) is 4.58. The van der Waals surface area contributed by atoms with E-state index in [1.807, 2.05) is 6.92 Å². The normalized spacial score (nSPS) is 18.9. The van der Waals surface area contributed by atoms with Gasteiger partial charge in [0.1, 0.15) is 0 Å². The average Bonchev–Trinajstić information content (AvgIpc) is 2.92. The summed E-state index contributed by atoms with van der Waals surface area (Å²) in [5, 5.41) is 0. The fourth-order valence-electron chi connectivity index (χ4n) is 2.85. The van der Waals surface area contributed by atoms with Crippen LogP contribution in [0.3, 0.4) is 0 Å². The standard InChI is InChI=1S/C16H23NO6S/c1-4-17(12-8-9-24(19,20)11-12)15(18)10-23-14-7-5-6-13(21-2)16(14)22-3/h5-7,12H,4,8-11H2,1-3H3. The van der Waals surface area contributed by atoms with Crippen LogP contribution in [0.25, 0.3) is 0 Å². The predicted octanol–water partition coefficient (Wildman–Crippen LogP) is 1.12. The summed E-state index contributed by atoms with van der Waals surface area (Å²) in [6.45, 7) is 2.08. The van der Waals surface area contributed by atoms with E-state index < -0.39 is 9.84 Å². The number of para-hydroxylation sites is 1. The van der Waals surface area contributed by atoms with Gasteiger partial charge in [0.05, 0.1) is 25.7 Å². The second kappa shape index (κ2) is 7.74. The maximum absolute atomic E-state index is 12.4. The van der Waals surface area contributed by atoms with Crippen LogP contribution in [-0.2, 0) is 14.6 Å². The van der Waals surface area contributed by atoms with Gasteiger partial charge in [0.2, 0.25) is 5.75 Å². The summed E-state index contributed by atoms with van der Waals surface area (Å²) in [5.74, 6) is 1.24. The van der Waals surface area contributed by atoms with Crippen LogP contribution in [0.1, 0.15) is 13.3 Å². The van der Waals surface area contributed by atoms with Crippen molar-refractivity contribution in [2.75, 3.05) is 38.9 Å². The van der Waals surface area contributed by atoms with Crippen LogP contribution in [0, 0.1) is 0 Å². The van der Waals surface area contributed by atoms with Crippen molar-refractivity contribution < 1.29 is 27.4 Å². The Bertz CT molecular complexity index is 688. The number of ether oxygens (including phenoxy) is 3. The van der Waals surface area contributed by atoms with E-state index in [0.717, 1.165) is 0 Å². The zero-order valence-corrected chi connectivity index (χ0v) is 15.0. The number of rotatable bonds is 7. The average molecular weight is 357 g/mol. The first kappa shape index (κ1) is 18.4.